The Morgan fingerprint density at radius 2 is 1.94 bits per heavy atom. The van der Waals surface area contributed by atoms with Crippen molar-refractivity contribution in [2.24, 2.45) is 17.8 Å². The predicted molar refractivity (Wildman–Crippen MR) is 67.1 cm³/mol. The maximum absolute atomic E-state index is 11.3. The van der Waals surface area contributed by atoms with Crippen LogP contribution in [0, 0.1) is 17.8 Å². The number of aliphatic carboxylic acids is 1. The molecule has 1 fully saturated rings. The van der Waals surface area contributed by atoms with Gasteiger partial charge in [-0.2, -0.15) is 0 Å². The molecule has 0 aromatic heterocycles. The van der Waals surface area contributed by atoms with Gasteiger partial charge in [0.15, 0.2) is 0 Å². The van der Waals surface area contributed by atoms with Gasteiger partial charge in [-0.15, -0.1) is 0 Å². The van der Waals surface area contributed by atoms with E-state index < -0.39 is 5.97 Å². The van der Waals surface area contributed by atoms with Gasteiger partial charge < -0.3 is 15.7 Å². The predicted octanol–water partition coefficient (Wildman–Crippen LogP) is 1.36. The van der Waals surface area contributed by atoms with Gasteiger partial charge in [0.05, 0.1) is 6.42 Å². The number of carbonyl (C=O) groups is 2. The summed E-state index contributed by atoms with van der Waals surface area (Å²) < 4.78 is 0. The second-order valence-electron chi connectivity index (χ2n) is 5.16. The highest BCUT2D eigenvalue weighted by Crippen LogP contribution is 2.44. The van der Waals surface area contributed by atoms with Crippen LogP contribution in [-0.2, 0) is 4.79 Å². The molecule has 1 saturated carbocycles. The van der Waals surface area contributed by atoms with E-state index >= 15 is 0 Å². The average molecular weight is 252 g/mol. The lowest BCUT2D eigenvalue weighted by molar-refractivity contribution is -0.136. The lowest BCUT2D eigenvalue weighted by Crippen LogP contribution is -2.37. The molecule has 100 valence electrons. The third kappa shape index (κ3) is 3.48. The molecular weight excluding hydrogens is 232 g/mol. The molecule has 2 bridgehead atoms. The molecule has 0 aromatic rings. The molecule has 2 aliphatic carbocycles. The zero-order valence-corrected chi connectivity index (χ0v) is 10.4. The Morgan fingerprint density at radius 1 is 1.17 bits per heavy atom. The van der Waals surface area contributed by atoms with Gasteiger partial charge in [0, 0.05) is 13.1 Å². The summed E-state index contributed by atoms with van der Waals surface area (Å²) in [5.41, 5.74) is 0. The lowest BCUT2D eigenvalue weighted by Gasteiger charge is -2.18. The van der Waals surface area contributed by atoms with E-state index in [4.69, 9.17) is 5.11 Å². The maximum atomic E-state index is 11.3. The van der Waals surface area contributed by atoms with Crippen molar-refractivity contribution in [3.8, 4) is 0 Å². The Morgan fingerprint density at radius 3 is 2.56 bits per heavy atom. The van der Waals surface area contributed by atoms with Crippen LogP contribution in [0.1, 0.15) is 25.7 Å². The van der Waals surface area contributed by atoms with Gasteiger partial charge in [-0.3, -0.25) is 4.79 Å². The van der Waals surface area contributed by atoms with Gasteiger partial charge in [0.25, 0.3) is 0 Å². The van der Waals surface area contributed by atoms with E-state index in [1.54, 1.807) is 0 Å². The summed E-state index contributed by atoms with van der Waals surface area (Å²) in [7, 11) is 0. The highest BCUT2D eigenvalue weighted by molar-refractivity contribution is 5.74. The smallest absolute Gasteiger partial charge is 0.314 e. The van der Waals surface area contributed by atoms with Crippen LogP contribution in [0.2, 0.25) is 0 Å². The van der Waals surface area contributed by atoms with Crippen LogP contribution >= 0.6 is 0 Å². The maximum Gasteiger partial charge on any atom is 0.314 e. The van der Waals surface area contributed by atoms with Crippen LogP contribution in [0.4, 0.5) is 4.79 Å². The first-order chi connectivity index (χ1) is 8.65. The topological polar surface area (TPSA) is 78.4 Å². The quantitative estimate of drug-likeness (QED) is 0.625. The molecular formula is C13H20N2O3. The Labute approximate surface area is 107 Å². The number of allylic oxidation sites excluding steroid dienone is 2. The highest BCUT2D eigenvalue weighted by atomic mass is 16.4. The lowest BCUT2D eigenvalue weighted by atomic mass is 9.91. The molecule has 0 heterocycles. The van der Waals surface area contributed by atoms with E-state index in [2.05, 4.69) is 22.8 Å². The number of urea groups is 1. The number of nitrogens with one attached hydrogen (secondary N) is 2. The molecule has 3 atom stereocenters. The largest absolute Gasteiger partial charge is 0.481 e. The number of hydrogen-bond acceptors (Lipinski definition) is 2. The molecule has 5 heteroatoms. The third-order valence-electron chi connectivity index (χ3n) is 3.84. The van der Waals surface area contributed by atoms with E-state index in [0.717, 1.165) is 12.3 Å². The van der Waals surface area contributed by atoms with E-state index in [1.165, 1.54) is 12.8 Å². The van der Waals surface area contributed by atoms with Crippen molar-refractivity contribution in [1.29, 1.82) is 0 Å². The second-order valence-corrected chi connectivity index (χ2v) is 5.16. The SMILES string of the molecule is O=C(O)CCNC(=O)NCCC1C[C@@H]2C=C[C@H]1C2. The van der Waals surface area contributed by atoms with Gasteiger partial charge in [0.2, 0.25) is 0 Å². The van der Waals surface area contributed by atoms with Crippen molar-refractivity contribution in [3.05, 3.63) is 12.2 Å². The summed E-state index contributed by atoms with van der Waals surface area (Å²) in [6, 6.07) is -0.269. The number of hydrogen-bond donors (Lipinski definition) is 3. The number of fused-ring (bicyclic) bond motifs is 2. The normalized spacial score (nSPS) is 28.3. The van der Waals surface area contributed by atoms with Crippen molar-refractivity contribution in [3.63, 3.8) is 0 Å². The van der Waals surface area contributed by atoms with Crippen LogP contribution in [-0.4, -0.2) is 30.2 Å². The molecule has 0 aromatic carbocycles. The molecule has 2 rings (SSSR count). The zero-order valence-electron chi connectivity index (χ0n) is 10.4. The molecule has 1 unspecified atom stereocenters. The van der Waals surface area contributed by atoms with Crippen LogP contribution in [0.5, 0.6) is 0 Å². The minimum atomic E-state index is -0.899. The highest BCUT2D eigenvalue weighted by Gasteiger charge is 2.34. The summed E-state index contributed by atoms with van der Waals surface area (Å²) >= 11 is 0. The summed E-state index contributed by atoms with van der Waals surface area (Å²) in [6.07, 6.45) is 8.14. The fourth-order valence-electron chi connectivity index (χ4n) is 2.94. The van der Waals surface area contributed by atoms with Crippen molar-refractivity contribution in [2.75, 3.05) is 13.1 Å². The standard InChI is InChI=1S/C13H20N2O3/c16-12(17)4-6-15-13(18)14-5-3-11-8-9-1-2-10(11)7-9/h1-2,9-11H,3-8H2,(H,16,17)(H2,14,15,18)/t9-,10+,11?/m1/s1. The van der Waals surface area contributed by atoms with Crippen LogP contribution in [0.3, 0.4) is 0 Å². The Bertz CT molecular complexity index is 354. The van der Waals surface area contributed by atoms with E-state index in [9.17, 15) is 9.59 Å². The van der Waals surface area contributed by atoms with Crippen LogP contribution in [0.25, 0.3) is 0 Å². The molecule has 0 saturated heterocycles. The number of carboxylic acid groups (broad SMARTS) is 1. The second kappa shape index (κ2) is 5.89. The van der Waals surface area contributed by atoms with Crippen molar-refractivity contribution in [1.82, 2.24) is 10.6 Å². The molecule has 0 aliphatic heterocycles. The van der Waals surface area contributed by atoms with Crippen molar-refractivity contribution in [2.45, 2.75) is 25.7 Å². The molecule has 0 radical (unpaired) electrons. The fourth-order valence-corrected chi connectivity index (χ4v) is 2.94. The number of carboxylic acids is 1. The Kier molecular flexibility index (Phi) is 4.23. The average Bonchev–Trinajstić information content (AvgIpc) is 2.90. The Balaban J connectivity index is 1.54. The number of carbonyl (C=O) groups excluding carboxylic acids is 1. The number of rotatable bonds is 6. The summed E-state index contributed by atoms with van der Waals surface area (Å²) in [5, 5.41) is 13.7. The van der Waals surface area contributed by atoms with Crippen LogP contribution < -0.4 is 10.6 Å². The van der Waals surface area contributed by atoms with Crippen molar-refractivity contribution >= 4 is 12.0 Å². The van der Waals surface area contributed by atoms with Gasteiger partial charge in [-0.1, -0.05) is 12.2 Å². The fraction of sp³-hybridized carbons (Fsp3) is 0.692. The van der Waals surface area contributed by atoms with E-state index in [1.807, 2.05) is 0 Å². The molecule has 2 aliphatic rings. The first-order valence-electron chi connectivity index (χ1n) is 6.57. The molecule has 18 heavy (non-hydrogen) atoms. The molecule has 2 amide bonds. The summed E-state index contributed by atoms with van der Waals surface area (Å²) in [5.74, 6) is 1.29. The first-order valence-corrected chi connectivity index (χ1v) is 6.57. The summed E-state index contributed by atoms with van der Waals surface area (Å²) in [6.45, 7) is 0.846. The van der Waals surface area contributed by atoms with E-state index in [-0.39, 0.29) is 19.0 Å². The molecule has 5 nitrogen and oxygen atoms in total. The first kappa shape index (κ1) is 12.9. The minimum Gasteiger partial charge on any atom is -0.481 e. The zero-order chi connectivity index (χ0) is 13.0. The third-order valence-corrected chi connectivity index (χ3v) is 3.84. The van der Waals surface area contributed by atoms with Gasteiger partial charge in [-0.05, 0) is 37.0 Å². The monoisotopic (exact) mass is 252 g/mol. The van der Waals surface area contributed by atoms with E-state index in [0.29, 0.717) is 18.4 Å². The minimum absolute atomic E-state index is 0.0371. The van der Waals surface area contributed by atoms with Crippen molar-refractivity contribution < 1.29 is 14.7 Å². The van der Waals surface area contributed by atoms with Crippen LogP contribution in [0.15, 0.2) is 12.2 Å². The van der Waals surface area contributed by atoms with Gasteiger partial charge >= 0.3 is 12.0 Å². The van der Waals surface area contributed by atoms with Gasteiger partial charge in [0.1, 0.15) is 0 Å². The molecule has 0 spiro atoms. The Hall–Kier alpha value is -1.52. The number of amides is 2. The summed E-state index contributed by atoms with van der Waals surface area (Å²) in [4.78, 5) is 21.6. The molecule has 3 N–H and O–H groups in total. The van der Waals surface area contributed by atoms with Gasteiger partial charge in [-0.25, -0.2) is 4.79 Å².